The van der Waals surface area contributed by atoms with E-state index in [1.165, 1.54) is 0 Å². The minimum absolute atomic E-state index is 0.0418. The van der Waals surface area contributed by atoms with Gasteiger partial charge in [0.2, 0.25) is 5.91 Å². The van der Waals surface area contributed by atoms with Crippen molar-refractivity contribution in [1.29, 1.82) is 0 Å². The Morgan fingerprint density at radius 3 is 2.62 bits per heavy atom. The Kier molecular flexibility index (Phi) is 5.49. The van der Waals surface area contributed by atoms with E-state index in [9.17, 15) is 4.79 Å². The molecule has 1 fully saturated rings. The molecule has 126 valence electrons. The monoisotopic (exact) mass is 324 g/mol. The van der Waals surface area contributed by atoms with Crippen molar-refractivity contribution in [2.24, 2.45) is 5.92 Å². The first-order valence-corrected chi connectivity index (χ1v) is 8.53. The predicted octanol–water partition coefficient (Wildman–Crippen LogP) is 3.59. The van der Waals surface area contributed by atoms with E-state index in [2.05, 4.69) is 17.6 Å². The Bertz CT molecular complexity index is 655. The van der Waals surface area contributed by atoms with E-state index >= 15 is 0 Å². The molecule has 4 nitrogen and oxygen atoms in total. The van der Waals surface area contributed by atoms with E-state index in [4.69, 9.17) is 4.74 Å². The van der Waals surface area contributed by atoms with Gasteiger partial charge in [0.25, 0.3) is 0 Å². The fraction of sp³-hybridized carbons (Fsp3) is 0.350. The van der Waals surface area contributed by atoms with Gasteiger partial charge in [-0.05, 0) is 55.1 Å². The summed E-state index contributed by atoms with van der Waals surface area (Å²) >= 11 is 0. The predicted molar refractivity (Wildman–Crippen MR) is 96.0 cm³/mol. The number of nitrogens with one attached hydrogen (secondary N) is 2. The summed E-state index contributed by atoms with van der Waals surface area (Å²) < 4.78 is 5.76. The van der Waals surface area contributed by atoms with Gasteiger partial charge in [0.15, 0.2) is 0 Å². The van der Waals surface area contributed by atoms with Crippen molar-refractivity contribution in [3.63, 3.8) is 0 Å². The molecule has 24 heavy (non-hydrogen) atoms. The zero-order chi connectivity index (χ0) is 16.8. The summed E-state index contributed by atoms with van der Waals surface area (Å²) in [6.45, 7) is 3.57. The third kappa shape index (κ3) is 4.36. The maximum atomic E-state index is 12.4. The number of benzene rings is 2. The number of carbonyl (C=O) groups excluding carboxylic acids is 1. The quantitative estimate of drug-likeness (QED) is 0.883. The van der Waals surface area contributed by atoms with Crippen molar-refractivity contribution in [2.75, 3.05) is 11.9 Å². The van der Waals surface area contributed by atoms with Crippen LogP contribution in [0.1, 0.15) is 25.3 Å². The second-order valence-corrected chi connectivity index (χ2v) is 6.34. The van der Waals surface area contributed by atoms with Crippen molar-refractivity contribution in [1.82, 2.24) is 5.32 Å². The Morgan fingerprint density at radius 1 is 1.17 bits per heavy atom. The number of hydrogen-bond acceptors (Lipinski definition) is 3. The van der Waals surface area contributed by atoms with Crippen LogP contribution in [0.4, 0.5) is 5.69 Å². The minimum atomic E-state index is -0.104. The lowest BCUT2D eigenvalue weighted by atomic mass is 9.92. The molecule has 0 saturated carbocycles. The molecule has 2 aromatic carbocycles. The lowest BCUT2D eigenvalue weighted by Gasteiger charge is -2.28. The van der Waals surface area contributed by atoms with E-state index < -0.39 is 0 Å². The largest absolute Gasteiger partial charge is 0.489 e. The topological polar surface area (TPSA) is 50.4 Å². The van der Waals surface area contributed by atoms with E-state index in [0.717, 1.165) is 36.4 Å². The van der Waals surface area contributed by atoms with Crippen LogP contribution in [0.25, 0.3) is 0 Å². The van der Waals surface area contributed by atoms with Crippen LogP contribution in [-0.4, -0.2) is 18.5 Å². The molecular formula is C20H24N2O2. The molecule has 4 heteroatoms. The van der Waals surface area contributed by atoms with Gasteiger partial charge in [-0.1, -0.05) is 37.3 Å². The highest BCUT2D eigenvalue weighted by molar-refractivity contribution is 5.95. The molecule has 0 spiro atoms. The first-order valence-electron chi connectivity index (χ1n) is 8.53. The molecule has 1 aliphatic heterocycles. The maximum Gasteiger partial charge on any atom is 0.241 e. The molecule has 1 amide bonds. The average Bonchev–Trinajstić information content (AvgIpc) is 2.62. The van der Waals surface area contributed by atoms with Crippen molar-refractivity contribution >= 4 is 11.6 Å². The summed E-state index contributed by atoms with van der Waals surface area (Å²) in [6, 6.07) is 17.5. The molecule has 2 aromatic rings. The lowest BCUT2D eigenvalue weighted by Crippen LogP contribution is -2.48. The summed E-state index contributed by atoms with van der Waals surface area (Å²) in [4.78, 5) is 12.4. The second kappa shape index (κ2) is 7.97. The Balaban J connectivity index is 1.53. The molecule has 2 unspecified atom stereocenters. The van der Waals surface area contributed by atoms with E-state index in [0.29, 0.717) is 12.5 Å². The highest BCUT2D eigenvalue weighted by Crippen LogP contribution is 2.20. The molecular weight excluding hydrogens is 300 g/mol. The van der Waals surface area contributed by atoms with Gasteiger partial charge in [-0.3, -0.25) is 4.79 Å². The lowest BCUT2D eigenvalue weighted by molar-refractivity contribution is -0.119. The van der Waals surface area contributed by atoms with Crippen LogP contribution < -0.4 is 15.4 Å². The molecule has 0 aromatic heterocycles. The molecule has 0 bridgehead atoms. The summed E-state index contributed by atoms with van der Waals surface area (Å²) in [7, 11) is 0. The van der Waals surface area contributed by atoms with Crippen molar-refractivity contribution in [3.05, 3.63) is 60.2 Å². The standard InChI is InChI=1S/C20H24N2O2/c1-15-6-5-13-21-19(15)20(23)22-17-9-11-18(12-10-17)24-14-16-7-3-2-4-8-16/h2-4,7-12,15,19,21H,5-6,13-14H2,1H3,(H,22,23). The third-order valence-corrected chi connectivity index (χ3v) is 4.42. The van der Waals surface area contributed by atoms with Gasteiger partial charge in [-0.2, -0.15) is 0 Å². The highest BCUT2D eigenvalue weighted by atomic mass is 16.5. The molecule has 2 N–H and O–H groups in total. The molecule has 2 atom stereocenters. The summed E-state index contributed by atoms with van der Waals surface area (Å²) in [5.74, 6) is 1.20. The molecule has 1 aliphatic rings. The zero-order valence-electron chi connectivity index (χ0n) is 14.0. The summed E-state index contributed by atoms with van der Waals surface area (Å²) in [5, 5.41) is 6.29. The maximum absolute atomic E-state index is 12.4. The van der Waals surface area contributed by atoms with E-state index in [1.54, 1.807) is 0 Å². The van der Waals surface area contributed by atoms with Crippen LogP contribution in [0.3, 0.4) is 0 Å². The Hall–Kier alpha value is -2.33. The average molecular weight is 324 g/mol. The van der Waals surface area contributed by atoms with Gasteiger partial charge < -0.3 is 15.4 Å². The Morgan fingerprint density at radius 2 is 1.92 bits per heavy atom. The van der Waals surface area contributed by atoms with Crippen LogP contribution >= 0.6 is 0 Å². The number of carbonyl (C=O) groups is 1. The molecule has 0 radical (unpaired) electrons. The normalized spacial score (nSPS) is 20.4. The van der Waals surface area contributed by atoms with Gasteiger partial charge in [-0.25, -0.2) is 0 Å². The van der Waals surface area contributed by atoms with E-state index in [1.807, 2.05) is 54.6 Å². The third-order valence-electron chi connectivity index (χ3n) is 4.42. The van der Waals surface area contributed by atoms with Gasteiger partial charge in [-0.15, -0.1) is 0 Å². The minimum Gasteiger partial charge on any atom is -0.489 e. The van der Waals surface area contributed by atoms with Crippen LogP contribution in [0.5, 0.6) is 5.75 Å². The zero-order valence-corrected chi connectivity index (χ0v) is 14.0. The molecule has 1 saturated heterocycles. The molecule has 1 heterocycles. The molecule has 0 aliphatic carbocycles. The van der Waals surface area contributed by atoms with Crippen molar-refractivity contribution < 1.29 is 9.53 Å². The summed E-state index contributed by atoms with van der Waals surface area (Å²) in [6.07, 6.45) is 2.23. The number of amides is 1. The first kappa shape index (κ1) is 16.5. The van der Waals surface area contributed by atoms with Crippen LogP contribution in [0.2, 0.25) is 0 Å². The van der Waals surface area contributed by atoms with Gasteiger partial charge in [0.1, 0.15) is 12.4 Å². The van der Waals surface area contributed by atoms with Gasteiger partial charge >= 0.3 is 0 Å². The van der Waals surface area contributed by atoms with Crippen molar-refractivity contribution in [3.8, 4) is 5.75 Å². The summed E-state index contributed by atoms with van der Waals surface area (Å²) in [5.41, 5.74) is 1.93. The smallest absolute Gasteiger partial charge is 0.241 e. The van der Waals surface area contributed by atoms with Crippen LogP contribution in [-0.2, 0) is 11.4 Å². The first-order chi connectivity index (χ1) is 11.7. The fourth-order valence-corrected chi connectivity index (χ4v) is 3.00. The second-order valence-electron chi connectivity index (χ2n) is 6.34. The molecule has 3 rings (SSSR count). The fourth-order valence-electron chi connectivity index (χ4n) is 3.00. The number of rotatable bonds is 5. The van der Waals surface area contributed by atoms with Gasteiger partial charge in [0, 0.05) is 5.69 Å². The van der Waals surface area contributed by atoms with Crippen molar-refractivity contribution in [2.45, 2.75) is 32.4 Å². The number of ether oxygens (including phenoxy) is 1. The Labute approximate surface area is 143 Å². The van der Waals surface area contributed by atoms with E-state index in [-0.39, 0.29) is 11.9 Å². The SMILES string of the molecule is CC1CCCNC1C(=O)Nc1ccc(OCc2ccccc2)cc1. The number of anilines is 1. The highest BCUT2D eigenvalue weighted by Gasteiger charge is 2.27. The number of hydrogen-bond donors (Lipinski definition) is 2. The van der Waals surface area contributed by atoms with Crippen LogP contribution in [0.15, 0.2) is 54.6 Å². The number of piperidine rings is 1. The van der Waals surface area contributed by atoms with Gasteiger partial charge in [0.05, 0.1) is 6.04 Å². The van der Waals surface area contributed by atoms with Crippen LogP contribution in [0, 0.1) is 5.92 Å².